The Morgan fingerprint density at radius 3 is 2.80 bits per heavy atom. The Kier molecular flexibility index (Phi) is 2.57. The summed E-state index contributed by atoms with van der Waals surface area (Å²) in [4.78, 5) is 3.11. The molecule has 2 rings (SSSR count). The topological polar surface area (TPSA) is 59.2 Å². The summed E-state index contributed by atoms with van der Waals surface area (Å²) >= 11 is 3.25. The molecule has 1 N–H and O–H groups in total. The van der Waals surface area contributed by atoms with Crippen LogP contribution in [0.15, 0.2) is 33.8 Å². The average molecular weight is 290 g/mol. The van der Waals surface area contributed by atoms with Crippen molar-refractivity contribution >= 4 is 37.0 Å². The van der Waals surface area contributed by atoms with Gasteiger partial charge in [0.2, 0.25) is 0 Å². The Balaban J connectivity index is 2.85. The lowest BCUT2D eigenvalue weighted by molar-refractivity contribution is 0.398. The lowest BCUT2D eigenvalue weighted by Crippen LogP contribution is -2.03. The monoisotopic (exact) mass is 289 g/mol. The molecular weight excluding hydrogens is 282 g/mol. The van der Waals surface area contributed by atoms with Gasteiger partial charge in [-0.05, 0) is 18.2 Å². The van der Waals surface area contributed by atoms with Gasteiger partial charge in [-0.3, -0.25) is 4.18 Å². The molecule has 0 saturated heterocycles. The van der Waals surface area contributed by atoms with Crippen molar-refractivity contribution in [3.05, 3.63) is 28.9 Å². The maximum atomic E-state index is 11.6. The lowest BCUT2D eigenvalue weighted by Gasteiger charge is -2.03. The maximum Gasteiger partial charge on any atom is 0.297 e. The van der Waals surface area contributed by atoms with Crippen molar-refractivity contribution in [2.45, 2.75) is 4.90 Å². The van der Waals surface area contributed by atoms with Crippen LogP contribution in [0.25, 0.3) is 10.9 Å². The minimum atomic E-state index is -3.67. The van der Waals surface area contributed by atoms with Crippen molar-refractivity contribution in [1.29, 1.82) is 0 Å². The number of hydrogen-bond donors (Lipinski definition) is 1. The Labute approximate surface area is 95.5 Å². The van der Waals surface area contributed by atoms with E-state index >= 15 is 0 Å². The number of aromatic amines is 1. The van der Waals surface area contributed by atoms with Crippen molar-refractivity contribution in [1.82, 2.24) is 4.98 Å². The van der Waals surface area contributed by atoms with Crippen molar-refractivity contribution < 1.29 is 12.6 Å². The van der Waals surface area contributed by atoms with Gasteiger partial charge < -0.3 is 4.98 Å². The molecule has 0 atom stereocenters. The van der Waals surface area contributed by atoms with Crippen LogP contribution < -0.4 is 0 Å². The first-order valence-corrected chi connectivity index (χ1v) is 6.32. The normalized spacial score (nSPS) is 12.1. The summed E-state index contributed by atoms with van der Waals surface area (Å²) in [5.41, 5.74) is 0.750. The molecule has 0 aliphatic carbocycles. The quantitative estimate of drug-likeness (QED) is 0.863. The molecule has 1 aromatic carbocycles. The van der Waals surface area contributed by atoms with E-state index < -0.39 is 10.1 Å². The molecule has 0 aliphatic rings. The van der Waals surface area contributed by atoms with E-state index in [1.165, 1.54) is 6.07 Å². The molecule has 0 bridgehead atoms. The average Bonchev–Trinajstić information content (AvgIpc) is 2.63. The summed E-state index contributed by atoms with van der Waals surface area (Å²) in [7, 11) is -2.52. The largest absolute Gasteiger partial charge is 0.361 e. The summed E-state index contributed by atoms with van der Waals surface area (Å²) in [6.07, 6.45) is 1.69. The maximum absolute atomic E-state index is 11.6. The fourth-order valence-electron chi connectivity index (χ4n) is 1.40. The lowest BCUT2D eigenvalue weighted by atomic mass is 10.2. The van der Waals surface area contributed by atoms with Gasteiger partial charge in [-0.1, -0.05) is 15.9 Å². The van der Waals surface area contributed by atoms with Gasteiger partial charge in [-0.15, -0.1) is 0 Å². The molecule has 0 amide bonds. The minimum Gasteiger partial charge on any atom is -0.361 e. The fourth-order valence-corrected chi connectivity index (χ4v) is 2.90. The summed E-state index contributed by atoms with van der Waals surface area (Å²) in [6.45, 7) is 0. The van der Waals surface area contributed by atoms with Gasteiger partial charge in [0.25, 0.3) is 10.1 Å². The van der Waals surface area contributed by atoms with Gasteiger partial charge in [0.15, 0.2) is 0 Å². The summed E-state index contributed by atoms with van der Waals surface area (Å²) in [6, 6.07) is 5.03. The zero-order valence-electron chi connectivity index (χ0n) is 7.82. The highest BCUT2D eigenvalue weighted by Crippen LogP contribution is 2.27. The smallest absolute Gasteiger partial charge is 0.297 e. The predicted octanol–water partition coefficient (Wildman–Crippen LogP) is 2.27. The van der Waals surface area contributed by atoms with Crippen molar-refractivity contribution in [3.8, 4) is 0 Å². The Bertz CT molecular complexity index is 603. The highest BCUT2D eigenvalue weighted by atomic mass is 79.9. The molecule has 0 unspecified atom stereocenters. The van der Waals surface area contributed by atoms with Crippen LogP contribution in [0.3, 0.4) is 0 Å². The fraction of sp³-hybridized carbons (Fsp3) is 0.111. The number of H-pyrrole nitrogens is 1. The molecule has 80 valence electrons. The van der Waals surface area contributed by atoms with E-state index in [1.807, 2.05) is 6.07 Å². The molecular formula is C9H8BrNO3S. The van der Waals surface area contributed by atoms with E-state index in [0.29, 0.717) is 9.86 Å². The third kappa shape index (κ3) is 1.80. The second-order valence-electron chi connectivity index (χ2n) is 2.96. The number of halogens is 1. The van der Waals surface area contributed by atoms with Gasteiger partial charge in [-0.25, -0.2) is 0 Å². The molecule has 0 saturated carbocycles. The minimum absolute atomic E-state index is 0.163. The molecule has 0 radical (unpaired) electrons. The SMILES string of the molecule is COS(=O)(=O)c1cc(Br)cc2[nH]ccc12. The number of nitrogens with one attached hydrogen (secondary N) is 1. The van der Waals surface area contributed by atoms with E-state index in [2.05, 4.69) is 25.1 Å². The first-order chi connectivity index (χ1) is 7.04. The van der Waals surface area contributed by atoms with E-state index in [4.69, 9.17) is 0 Å². The second-order valence-corrected chi connectivity index (χ2v) is 5.56. The van der Waals surface area contributed by atoms with Crippen LogP contribution in [0.1, 0.15) is 0 Å². The van der Waals surface area contributed by atoms with Crippen LogP contribution in [0, 0.1) is 0 Å². The van der Waals surface area contributed by atoms with Crippen molar-refractivity contribution in [2.75, 3.05) is 7.11 Å². The Morgan fingerprint density at radius 2 is 2.13 bits per heavy atom. The predicted molar refractivity (Wildman–Crippen MR) is 60.2 cm³/mol. The summed E-state index contributed by atoms with van der Waals surface area (Å²) in [5.74, 6) is 0. The molecule has 0 fully saturated rings. The molecule has 4 nitrogen and oxygen atoms in total. The van der Waals surface area contributed by atoms with Gasteiger partial charge in [0.05, 0.1) is 7.11 Å². The number of fused-ring (bicyclic) bond motifs is 1. The molecule has 0 spiro atoms. The Hall–Kier alpha value is -0.850. The summed E-state index contributed by atoms with van der Waals surface area (Å²) < 4.78 is 28.4. The standard InChI is InChI=1S/C9H8BrNO3S/c1-14-15(12,13)9-5-6(10)4-8-7(9)2-3-11-8/h2-5,11H,1H3. The molecule has 0 aliphatic heterocycles. The van der Waals surface area contributed by atoms with Gasteiger partial charge in [-0.2, -0.15) is 8.42 Å². The number of rotatable bonds is 2. The second kappa shape index (κ2) is 3.62. The third-order valence-corrected chi connectivity index (χ3v) is 3.86. The van der Waals surface area contributed by atoms with Gasteiger partial charge in [0.1, 0.15) is 4.90 Å². The third-order valence-electron chi connectivity index (χ3n) is 2.08. The van der Waals surface area contributed by atoms with Crippen LogP contribution in [-0.2, 0) is 14.3 Å². The highest BCUT2D eigenvalue weighted by molar-refractivity contribution is 9.10. The molecule has 1 aromatic heterocycles. The first-order valence-electron chi connectivity index (χ1n) is 4.12. The van der Waals surface area contributed by atoms with Gasteiger partial charge in [0, 0.05) is 21.6 Å². The van der Waals surface area contributed by atoms with E-state index in [0.717, 1.165) is 12.6 Å². The molecule has 15 heavy (non-hydrogen) atoms. The zero-order valence-corrected chi connectivity index (χ0v) is 10.2. The van der Waals surface area contributed by atoms with E-state index in [1.54, 1.807) is 12.3 Å². The van der Waals surface area contributed by atoms with Crippen molar-refractivity contribution in [3.63, 3.8) is 0 Å². The van der Waals surface area contributed by atoms with E-state index in [-0.39, 0.29) is 4.90 Å². The number of benzene rings is 1. The highest BCUT2D eigenvalue weighted by Gasteiger charge is 2.17. The van der Waals surface area contributed by atoms with Crippen LogP contribution >= 0.6 is 15.9 Å². The van der Waals surface area contributed by atoms with Crippen LogP contribution in [-0.4, -0.2) is 20.5 Å². The van der Waals surface area contributed by atoms with Crippen LogP contribution in [0.4, 0.5) is 0 Å². The summed E-state index contributed by atoms with van der Waals surface area (Å²) in [5, 5.41) is 0.625. The Morgan fingerprint density at radius 1 is 1.40 bits per heavy atom. The van der Waals surface area contributed by atoms with Crippen LogP contribution in [0.2, 0.25) is 0 Å². The first kappa shape index (κ1) is 10.7. The molecule has 1 heterocycles. The van der Waals surface area contributed by atoms with Gasteiger partial charge >= 0.3 is 0 Å². The molecule has 2 aromatic rings. The van der Waals surface area contributed by atoms with Crippen LogP contribution in [0.5, 0.6) is 0 Å². The zero-order chi connectivity index (χ0) is 11.1. The number of hydrogen-bond acceptors (Lipinski definition) is 3. The van der Waals surface area contributed by atoms with Crippen molar-refractivity contribution in [2.24, 2.45) is 0 Å². The molecule has 6 heteroatoms. The van der Waals surface area contributed by atoms with E-state index in [9.17, 15) is 8.42 Å². The number of aromatic nitrogens is 1.